The van der Waals surface area contributed by atoms with E-state index in [-0.39, 0.29) is 6.04 Å². The van der Waals surface area contributed by atoms with E-state index in [9.17, 15) is 4.79 Å². The summed E-state index contributed by atoms with van der Waals surface area (Å²) in [5, 5.41) is 15.1. The Bertz CT molecular complexity index is 833. The van der Waals surface area contributed by atoms with Gasteiger partial charge in [0.2, 0.25) is 6.41 Å². The molecule has 2 N–H and O–H groups in total. The van der Waals surface area contributed by atoms with Gasteiger partial charge in [0.1, 0.15) is 0 Å². The number of carbonyl (C=O) groups is 1. The van der Waals surface area contributed by atoms with Crippen LogP contribution in [0.3, 0.4) is 0 Å². The van der Waals surface area contributed by atoms with Crippen LogP contribution in [0.2, 0.25) is 0 Å². The van der Waals surface area contributed by atoms with Crippen LogP contribution >= 0.6 is 0 Å². The maximum atomic E-state index is 10.8. The Morgan fingerprint density at radius 1 is 1.04 bits per heavy atom. The van der Waals surface area contributed by atoms with Gasteiger partial charge in [0.25, 0.3) is 0 Å². The minimum atomic E-state index is 0.194. The molecule has 1 aromatic carbocycles. The number of hydrogen-bond acceptors (Lipinski definition) is 5. The number of nitrogens with one attached hydrogen (secondary N) is 2. The zero-order valence-electron chi connectivity index (χ0n) is 12.9. The molecule has 3 rings (SSSR count). The molecule has 6 heteroatoms. The molecule has 0 aliphatic carbocycles. The Morgan fingerprint density at radius 3 is 2.52 bits per heavy atom. The molecule has 116 valence electrons. The molecular weight excluding hydrogens is 290 g/mol. The van der Waals surface area contributed by atoms with Crippen molar-refractivity contribution in [1.29, 1.82) is 0 Å². The lowest BCUT2D eigenvalue weighted by Crippen LogP contribution is -2.13. The third-order valence-corrected chi connectivity index (χ3v) is 3.40. The van der Waals surface area contributed by atoms with Crippen molar-refractivity contribution in [3.8, 4) is 11.1 Å². The molecule has 0 saturated heterocycles. The molecule has 1 amide bonds. The van der Waals surface area contributed by atoms with Crippen LogP contribution < -0.4 is 10.6 Å². The molecule has 0 bridgehead atoms. The molecule has 0 saturated carbocycles. The summed E-state index contributed by atoms with van der Waals surface area (Å²) in [6.45, 7) is 4.06. The minimum absolute atomic E-state index is 0.194. The van der Waals surface area contributed by atoms with Crippen molar-refractivity contribution >= 4 is 28.8 Å². The van der Waals surface area contributed by atoms with Gasteiger partial charge in [-0.25, -0.2) is 0 Å². The second-order valence-corrected chi connectivity index (χ2v) is 5.45. The van der Waals surface area contributed by atoms with Gasteiger partial charge in [-0.3, -0.25) is 9.78 Å². The van der Waals surface area contributed by atoms with Crippen molar-refractivity contribution in [1.82, 2.24) is 15.2 Å². The predicted molar refractivity (Wildman–Crippen MR) is 91.2 cm³/mol. The van der Waals surface area contributed by atoms with Gasteiger partial charge in [0.15, 0.2) is 5.82 Å². The smallest absolute Gasteiger partial charge is 0.212 e. The topological polar surface area (TPSA) is 79.8 Å². The van der Waals surface area contributed by atoms with E-state index >= 15 is 0 Å². The molecule has 0 aliphatic rings. The monoisotopic (exact) mass is 307 g/mol. The number of rotatable bonds is 5. The summed E-state index contributed by atoms with van der Waals surface area (Å²) in [7, 11) is 0. The van der Waals surface area contributed by atoms with Crippen LogP contribution in [-0.4, -0.2) is 27.6 Å². The fraction of sp³-hybridized carbons (Fsp3) is 0.176. The van der Waals surface area contributed by atoms with E-state index in [1.165, 1.54) is 0 Å². The average Bonchev–Trinajstić information content (AvgIpc) is 2.57. The Labute approximate surface area is 134 Å². The molecule has 2 aromatic heterocycles. The second-order valence-electron chi connectivity index (χ2n) is 5.45. The van der Waals surface area contributed by atoms with Gasteiger partial charge >= 0.3 is 0 Å². The molecule has 2 heterocycles. The number of aromatic nitrogens is 3. The first-order chi connectivity index (χ1) is 11.2. The van der Waals surface area contributed by atoms with Crippen LogP contribution in [0.5, 0.6) is 0 Å². The van der Waals surface area contributed by atoms with Crippen molar-refractivity contribution in [2.75, 3.05) is 10.6 Å². The van der Waals surface area contributed by atoms with E-state index in [2.05, 4.69) is 25.8 Å². The van der Waals surface area contributed by atoms with E-state index < -0.39 is 0 Å². The molecule has 0 atom stereocenters. The van der Waals surface area contributed by atoms with Crippen molar-refractivity contribution < 1.29 is 4.79 Å². The highest BCUT2D eigenvalue weighted by atomic mass is 16.1. The summed E-state index contributed by atoms with van der Waals surface area (Å²) in [5.41, 5.74) is 3.66. The Balaban J connectivity index is 2.20. The molecule has 6 nitrogen and oxygen atoms in total. The van der Waals surface area contributed by atoms with Crippen molar-refractivity contribution in [2.45, 2.75) is 19.9 Å². The van der Waals surface area contributed by atoms with Gasteiger partial charge in [0, 0.05) is 23.8 Å². The third kappa shape index (κ3) is 3.11. The van der Waals surface area contributed by atoms with E-state index in [1.54, 1.807) is 12.4 Å². The molecule has 0 unspecified atom stereocenters. The summed E-state index contributed by atoms with van der Waals surface area (Å²) in [4.78, 5) is 14.9. The third-order valence-electron chi connectivity index (χ3n) is 3.40. The minimum Gasteiger partial charge on any atom is -0.379 e. The maximum absolute atomic E-state index is 10.8. The summed E-state index contributed by atoms with van der Waals surface area (Å²) >= 11 is 0. The van der Waals surface area contributed by atoms with Gasteiger partial charge in [0.05, 0.1) is 11.2 Å². The van der Waals surface area contributed by atoms with Gasteiger partial charge in [-0.2, -0.15) is 0 Å². The highest BCUT2D eigenvalue weighted by Crippen LogP contribution is 2.32. The van der Waals surface area contributed by atoms with Crippen LogP contribution in [0.15, 0.2) is 42.7 Å². The lowest BCUT2D eigenvalue weighted by atomic mass is 10.0. The van der Waals surface area contributed by atoms with Gasteiger partial charge in [-0.05, 0) is 49.2 Å². The highest BCUT2D eigenvalue weighted by molar-refractivity contribution is 6.00. The van der Waals surface area contributed by atoms with Gasteiger partial charge in [-0.1, -0.05) is 6.07 Å². The molecule has 0 fully saturated rings. The Kier molecular flexibility index (Phi) is 4.14. The van der Waals surface area contributed by atoms with Crippen molar-refractivity contribution in [3.63, 3.8) is 0 Å². The number of fused-ring (bicyclic) bond motifs is 1. The number of carbonyl (C=O) groups excluding carboxylic acids is 1. The summed E-state index contributed by atoms with van der Waals surface area (Å²) in [6, 6.07) is 10.1. The zero-order chi connectivity index (χ0) is 16.2. The Morgan fingerprint density at radius 2 is 1.83 bits per heavy atom. The normalized spacial score (nSPS) is 10.7. The summed E-state index contributed by atoms with van der Waals surface area (Å²) in [5.74, 6) is 0.424. The first-order valence-corrected chi connectivity index (χ1v) is 7.36. The summed E-state index contributed by atoms with van der Waals surface area (Å²) in [6.07, 6.45) is 4.13. The molecule has 0 spiro atoms. The van der Waals surface area contributed by atoms with E-state index in [0.717, 1.165) is 27.7 Å². The number of pyridine rings is 1. The Hall–Kier alpha value is -3.02. The molecular formula is C17H17N5O. The highest BCUT2D eigenvalue weighted by Gasteiger charge is 2.12. The van der Waals surface area contributed by atoms with Crippen LogP contribution in [0.25, 0.3) is 22.0 Å². The quantitative estimate of drug-likeness (QED) is 0.708. The fourth-order valence-electron chi connectivity index (χ4n) is 2.42. The average molecular weight is 307 g/mol. The van der Waals surface area contributed by atoms with Crippen LogP contribution in [0.4, 0.5) is 11.5 Å². The molecule has 3 aromatic rings. The van der Waals surface area contributed by atoms with Crippen molar-refractivity contribution in [3.05, 3.63) is 42.7 Å². The number of amides is 1. The first-order valence-electron chi connectivity index (χ1n) is 7.36. The van der Waals surface area contributed by atoms with Crippen LogP contribution in [0.1, 0.15) is 13.8 Å². The number of nitrogens with zero attached hydrogens (tertiary/aromatic N) is 3. The lowest BCUT2D eigenvalue weighted by Gasteiger charge is -2.16. The fourth-order valence-corrected chi connectivity index (χ4v) is 2.42. The number of hydrogen-bond donors (Lipinski definition) is 2. The SMILES string of the molecule is CC(C)Nc1c(NC=O)nnc2ccc(-c3ccncc3)cc12. The first kappa shape index (κ1) is 14.9. The predicted octanol–water partition coefficient (Wildman–Crippen LogP) is 3.08. The second kappa shape index (κ2) is 6.39. The van der Waals surface area contributed by atoms with E-state index in [4.69, 9.17) is 0 Å². The van der Waals surface area contributed by atoms with Crippen molar-refractivity contribution in [2.24, 2.45) is 0 Å². The molecule has 23 heavy (non-hydrogen) atoms. The molecule has 0 aliphatic heterocycles. The molecule has 0 radical (unpaired) electrons. The number of benzene rings is 1. The number of anilines is 2. The lowest BCUT2D eigenvalue weighted by molar-refractivity contribution is -0.105. The van der Waals surface area contributed by atoms with Crippen LogP contribution in [-0.2, 0) is 4.79 Å². The van der Waals surface area contributed by atoms with Gasteiger partial charge in [-0.15, -0.1) is 10.2 Å². The standard InChI is InChI=1S/C17H17N5O/c1-11(2)20-16-14-9-13(12-5-7-18-8-6-12)3-4-15(14)21-22-17(16)19-10-23/h3-11H,1-2H3,(H,20,21)(H,19,22,23). The largest absolute Gasteiger partial charge is 0.379 e. The maximum Gasteiger partial charge on any atom is 0.212 e. The summed E-state index contributed by atoms with van der Waals surface area (Å²) < 4.78 is 0. The van der Waals surface area contributed by atoms with Crippen LogP contribution in [0, 0.1) is 0 Å². The zero-order valence-corrected chi connectivity index (χ0v) is 12.9. The van der Waals surface area contributed by atoms with E-state index in [1.807, 2.05) is 44.2 Å². The van der Waals surface area contributed by atoms with E-state index in [0.29, 0.717) is 12.2 Å². The van der Waals surface area contributed by atoms with Gasteiger partial charge < -0.3 is 10.6 Å².